The second kappa shape index (κ2) is 5.80. The van der Waals surface area contributed by atoms with Crippen molar-refractivity contribution in [2.45, 2.75) is 32.2 Å². The molecule has 0 aliphatic heterocycles. The monoisotopic (exact) mass is 269 g/mol. The van der Waals surface area contributed by atoms with Crippen LogP contribution in [0.4, 0.5) is 5.82 Å². The van der Waals surface area contributed by atoms with Gasteiger partial charge in [0.2, 0.25) is 0 Å². The number of anilines is 1. The fourth-order valence-electron chi connectivity index (χ4n) is 3.58. The van der Waals surface area contributed by atoms with Crippen LogP contribution in [0.15, 0.2) is 36.5 Å². The van der Waals surface area contributed by atoms with Gasteiger partial charge < -0.3 is 10.6 Å². The molecule has 3 heteroatoms. The molecule has 1 aliphatic carbocycles. The summed E-state index contributed by atoms with van der Waals surface area (Å²) in [6, 6.07) is 11.1. The van der Waals surface area contributed by atoms with Gasteiger partial charge >= 0.3 is 0 Å². The van der Waals surface area contributed by atoms with Gasteiger partial charge in [-0.25, -0.2) is 4.98 Å². The highest BCUT2D eigenvalue weighted by Crippen LogP contribution is 2.34. The molecule has 1 aromatic carbocycles. The van der Waals surface area contributed by atoms with Crippen LogP contribution in [-0.2, 0) is 0 Å². The van der Waals surface area contributed by atoms with Gasteiger partial charge in [0.05, 0.1) is 0 Å². The van der Waals surface area contributed by atoms with Gasteiger partial charge in [0.1, 0.15) is 5.82 Å². The van der Waals surface area contributed by atoms with Gasteiger partial charge in [-0.3, -0.25) is 0 Å². The molecule has 3 nitrogen and oxygen atoms in total. The zero-order valence-electron chi connectivity index (χ0n) is 12.1. The Hall–Kier alpha value is -1.61. The summed E-state index contributed by atoms with van der Waals surface area (Å²) in [5.74, 6) is 1.73. The largest absolute Gasteiger partial charge is 0.353 e. The summed E-state index contributed by atoms with van der Waals surface area (Å²) in [5, 5.41) is 2.51. The fourth-order valence-corrected chi connectivity index (χ4v) is 3.58. The van der Waals surface area contributed by atoms with Crippen LogP contribution in [0.2, 0.25) is 0 Å². The van der Waals surface area contributed by atoms with Crippen LogP contribution in [0.5, 0.6) is 0 Å². The summed E-state index contributed by atoms with van der Waals surface area (Å²) in [6.07, 6.45) is 5.70. The minimum atomic E-state index is 0.545. The fraction of sp³-hybridized carbons (Fsp3) is 0.471. The topological polar surface area (TPSA) is 42.2 Å². The summed E-state index contributed by atoms with van der Waals surface area (Å²) in [4.78, 5) is 7.14. The SMILES string of the molecule is CCN(c1nccc2ccccc12)C1CCCC1CN. The van der Waals surface area contributed by atoms with Crippen LogP contribution in [-0.4, -0.2) is 24.1 Å². The highest BCUT2D eigenvalue weighted by molar-refractivity contribution is 5.92. The lowest BCUT2D eigenvalue weighted by atomic mass is 10.0. The molecule has 2 atom stereocenters. The van der Waals surface area contributed by atoms with E-state index in [4.69, 9.17) is 5.73 Å². The highest BCUT2D eigenvalue weighted by Gasteiger charge is 2.31. The number of benzene rings is 1. The van der Waals surface area contributed by atoms with Crippen LogP contribution in [0.3, 0.4) is 0 Å². The third kappa shape index (κ3) is 2.27. The molecule has 106 valence electrons. The molecular weight excluding hydrogens is 246 g/mol. The molecule has 0 spiro atoms. The van der Waals surface area contributed by atoms with E-state index in [-0.39, 0.29) is 0 Å². The summed E-state index contributed by atoms with van der Waals surface area (Å²) in [6.45, 7) is 3.99. The number of fused-ring (bicyclic) bond motifs is 1. The van der Waals surface area contributed by atoms with Gasteiger partial charge in [-0.2, -0.15) is 0 Å². The number of pyridine rings is 1. The normalized spacial score (nSPS) is 22.3. The Morgan fingerprint density at radius 1 is 1.25 bits per heavy atom. The third-order valence-corrected chi connectivity index (χ3v) is 4.59. The first-order valence-corrected chi connectivity index (χ1v) is 7.65. The molecule has 2 unspecified atom stereocenters. The molecule has 2 N–H and O–H groups in total. The molecular formula is C17H23N3. The summed E-state index contributed by atoms with van der Waals surface area (Å²) < 4.78 is 0. The number of rotatable bonds is 4. The van der Waals surface area contributed by atoms with E-state index >= 15 is 0 Å². The summed E-state index contributed by atoms with van der Waals surface area (Å²) in [7, 11) is 0. The Morgan fingerprint density at radius 3 is 2.90 bits per heavy atom. The second-order valence-corrected chi connectivity index (χ2v) is 5.64. The van der Waals surface area contributed by atoms with Gasteiger partial charge in [-0.1, -0.05) is 30.7 Å². The van der Waals surface area contributed by atoms with Crippen LogP contribution in [0.1, 0.15) is 26.2 Å². The van der Waals surface area contributed by atoms with E-state index in [1.54, 1.807) is 0 Å². The molecule has 20 heavy (non-hydrogen) atoms. The third-order valence-electron chi connectivity index (χ3n) is 4.59. The van der Waals surface area contributed by atoms with Crippen molar-refractivity contribution in [3.63, 3.8) is 0 Å². The van der Waals surface area contributed by atoms with E-state index in [0.29, 0.717) is 12.0 Å². The Balaban J connectivity index is 2.03. The quantitative estimate of drug-likeness (QED) is 0.927. The molecule has 1 aliphatic rings. The van der Waals surface area contributed by atoms with Crippen molar-refractivity contribution < 1.29 is 0 Å². The lowest BCUT2D eigenvalue weighted by Gasteiger charge is -2.33. The lowest BCUT2D eigenvalue weighted by molar-refractivity contribution is 0.460. The molecule has 0 amide bonds. The van der Waals surface area contributed by atoms with Gasteiger partial charge in [0.15, 0.2) is 0 Å². The van der Waals surface area contributed by atoms with Gasteiger partial charge in [-0.15, -0.1) is 0 Å². The zero-order valence-corrected chi connectivity index (χ0v) is 12.1. The van der Waals surface area contributed by atoms with Crippen LogP contribution in [0.25, 0.3) is 10.8 Å². The molecule has 1 aromatic heterocycles. The van der Waals surface area contributed by atoms with Gasteiger partial charge in [-0.05, 0) is 43.7 Å². The Bertz CT molecular complexity index is 576. The highest BCUT2D eigenvalue weighted by atomic mass is 15.2. The average molecular weight is 269 g/mol. The molecule has 1 fully saturated rings. The maximum Gasteiger partial charge on any atom is 0.136 e. The Morgan fingerprint density at radius 2 is 2.10 bits per heavy atom. The van der Waals surface area contributed by atoms with Crippen molar-refractivity contribution in [1.82, 2.24) is 4.98 Å². The van der Waals surface area contributed by atoms with Crippen LogP contribution < -0.4 is 10.6 Å². The first kappa shape index (κ1) is 13.4. The molecule has 0 saturated heterocycles. The van der Waals surface area contributed by atoms with Gasteiger partial charge in [0, 0.05) is 24.2 Å². The second-order valence-electron chi connectivity index (χ2n) is 5.64. The van der Waals surface area contributed by atoms with E-state index in [1.807, 2.05) is 6.20 Å². The van der Waals surface area contributed by atoms with Crippen molar-refractivity contribution in [1.29, 1.82) is 0 Å². The number of nitrogens with zero attached hydrogens (tertiary/aromatic N) is 2. The van der Waals surface area contributed by atoms with E-state index in [9.17, 15) is 0 Å². The van der Waals surface area contributed by atoms with E-state index < -0.39 is 0 Å². The first-order chi connectivity index (χ1) is 9.85. The molecule has 1 heterocycles. The van der Waals surface area contributed by atoms with Gasteiger partial charge in [0.25, 0.3) is 0 Å². The number of nitrogens with two attached hydrogens (primary N) is 1. The van der Waals surface area contributed by atoms with E-state index in [2.05, 4.69) is 47.1 Å². The standard InChI is InChI=1S/C17H23N3/c1-2-20(16-9-5-7-14(16)12-18)17-15-8-4-3-6-13(15)10-11-19-17/h3-4,6,8,10-11,14,16H,2,5,7,9,12,18H2,1H3. The minimum absolute atomic E-state index is 0.545. The van der Waals surface area contributed by atoms with Crippen molar-refractivity contribution in [2.75, 3.05) is 18.0 Å². The molecule has 2 aromatic rings. The van der Waals surface area contributed by atoms with Crippen LogP contribution in [0, 0.1) is 5.92 Å². The zero-order chi connectivity index (χ0) is 13.9. The number of hydrogen-bond donors (Lipinski definition) is 1. The van der Waals surface area contributed by atoms with Crippen molar-refractivity contribution in [3.8, 4) is 0 Å². The molecule has 0 radical (unpaired) electrons. The van der Waals surface area contributed by atoms with Crippen molar-refractivity contribution in [2.24, 2.45) is 11.7 Å². The minimum Gasteiger partial charge on any atom is -0.353 e. The predicted molar refractivity (Wildman–Crippen MR) is 84.9 cm³/mol. The maximum atomic E-state index is 5.96. The summed E-state index contributed by atoms with van der Waals surface area (Å²) in [5.41, 5.74) is 5.96. The Kier molecular flexibility index (Phi) is 3.88. The van der Waals surface area contributed by atoms with Crippen molar-refractivity contribution >= 4 is 16.6 Å². The Labute approximate surface area is 120 Å². The maximum absolute atomic E-state index is 5.96. The smallest absolute Gasteiger partial charge is 0.136 e. The predicted octanol–water partition coefficient (Wildman–Crippen LogP) is 3.19. The lowest BCUT2D eigenvalue weighted by Crippen LogP contribution is -2.41. The first-order valence-electron chi connectivity index (χ1n) is 7.65. The number of hydrogen-bond acceptors (Lipinski definition) is 3. The van der Waals surface area contributed by atoms with Crippen LogP contribution >= 0.6 is 0 Å². The summed E-state index contributed by atoms with van der Waals surface area (Å²) >= 11 is 0. The number of aromatic nitrogens is 1. The molecule has 3 rings (SSSR count). The molecule has 1 saturated carbocycles. The van der Waals surface area contributed by atoms with E-state index in [1.165, 1.54) is 30.0 Å². The average Bonchev–Trinajstić information content (AvgIpc) is 2.97. The van der Waals surface area contributed by atoms with E-state index in [0.717, 1.165) is 18.9 Å². The van der Waals surface area contributed by atoms with Crippen molar-refractivity contribution in [3.05, 3.63) is 36.5 Å². The molecule has 0 bridgehead atoms.